The molecule has 0 amide bonds. The molecule has 0 fully saturated rings. The molecule has 4 nitrogen and oxygen atoms in total. The smallest absolute Gasteiger partial charge is 0.336 e. The Labute approximate surface area is 135 Å². The van der Waals surface area contributed by atoms with Crippen molar-refractivity contribution in [1.29, 1.82) is 0 Å². The van der Waals surface area contributed by atoms with Gasteiger partial charge >= 0.3 is 5.97 Å². The first kappa shape index (κ1) is 16.6. The highest BCUT2D eigenvalue weighted by atomic mass is 16.5. The van der Waals surface area contributed by atoms with Gasteiger partial charge in [0, 0.05) is 11.1 Å². The first-order chi connectivity index (χ1) is 11.0. The van der Waals surface area contributed by atoms with Gasteiger partial charge in [-0.15, -0.1) is 0 Å². The molecule has 0 saturated heterocycles. The summed E-state index contributed by atoms with van der Waals surface area (Å²) in [6, 6.07) is 8.97. The number of aryl methyl sites for hydroxylation is 1. The van der Waals surface area contributed by atoms with Gasteiger partial charge in [0.15, 0.2) is 0 Å². The highest BCUT2D eigenvalue weighted by Gasteiger charge is 2.17. The number of hydrogen-bond donors (Lipinski definition) is 2. The molecular formula is C19H20O4. The number of carboxylic acids is 1. The van der Waals surface area contributed by atoms with E-state index in [2.05, 4.69) is 0 Å². The van der Waals surface area contributed by atoms with E-state index < -0.39 is 5.97 Å². The second kappa shape index (κ2) is 7.01. The first-order valence-electron chi connectivity index (χ1n) is 7.30. The Kier molecular flexibility index (Phi) is 5.06. The summed E-state index contributed by atoms with van der Waals surface area (Å²) < 4.78 is 5.38. The number of rotatable bonds is 5. The minimum Gasteiger partial charge on any atom is -0.508 e. The van der Waals surface area contributed by atoms with Crippen molar-refractivity contribution in [1.82, 2.24) is 0 Å². The van der Waals surface area contributed by atoms with Crippen molar-refractivity contribution in [2.75, 3.05) is 7.11 Å². The van der Waals surface area contributed by atoms with E-state index >= 15 is 0 Å². The fraction of sp³-hybridized carbons (Fsp3) is 0.211. The molecule has 120 valence electrons. The Bertz CT molecular complexity index is 760. The molecule has 0 aromatic heterocycles. The number of carboxylic acid groups (broad SMARTS) is 1. The van der Waals surface area contributed by atoms with Crippen LogP contribution in [-0.4, -0.2) is 23.3 Å². The lowest BCUT2D eigenvalue weighted by molar-refractivity contribution is 0.0695. The summed E-state index contributed by atoms with van der Waals surface area (Å²) in [5, 5.41) is 19.1. The van der Waals surface area contributed by atoms with Gasteiger partial charge in [0.1, 0.15) is 11.5 Å². The van der Waals surface area contributed by atoms with E-state index in [1.54, 1.807) is 32.0 Å². The van der Waals surface area contributed by atoms with Gasteiger partial charge in [-0.3, -0.25) is 0 Å². The van der Waals surface area contributed by atoms with Crippen LogP contribution in [0.5, 0.6) is 11.5 Å². The minimum atomic E-state index is -0.956. The van der Waals surface area contributed by atoms with Crippen LogP contribution < -0.4 is 4.74 Å². The lowest BCUT2D eigenvalue weighted by atomic mass is 9.97. The maximum atomic E-state index is 11.4. The van der Waals surface area contributed by atoms with Crippen molar-refractivity contribution in [3.63, 3.8) is 0 Å². The van der Waals surface area contributed by atoms with E-state index in [1.807, 2.05) is 24.3 Å². The summed E-state index contributed by atoms with van der Waals surface area (Å²) in [6.07, 6.45) is 4.39. The first-order valence-corrected chi connectivity index (χ1v) is 7.30. The third-order valence-electron chi connectivity index (χ3n) is 3.79. The maximum Gasteiger partial charge on any atom is 0.336 e. The van der Waals surface area contributed by atoms with Gasteiger partial charge in [-0.1, -0.05) is 30.4 Å². The van der Waals surface area contributed by atoms with Gasteiger partial charge in [-0.25, -0.2) is 4.79 Å². The number of carbonyl (C=O) groups is 1. The third kappa shape index (κ3) is 3.54. The SMILES string of the molecule is COc1c(C=CCc2ccccc2O)cc(C)c(C(=O)O)c1C. The van der Waals surface area contributed by atoms with Gasteiger partial charge in [-0.05, 0) is 43.5 Å². The molecule has 0 radical (unpaired) electrons. The fourth-order valence-corrected chi connectivity index (χ4v) is 2.72. The van der Waals surface area contributed by atoms with E-state index in [0.717, 1.165) is 11.1 Å². The molecule has 0 heterocycles. The van der Waals surface area contributed by atoms with E-state index in [9.17, 15) is 15.0 Å². The van der Waals surface area contributed by atoms with Gasteiger partial charge in [-0.2, -0.15) is 0 Å². The van der Waals surface area contributed by atoms with Gasteiger partial charge in [0.05, 0.1) is 12.7 Å². The average Bonchev–Trinajstić information content (AvgIpc) is 2.48. The zero-order chi connectivity index (χ0) is 17.0. The van der Waals surface area contributed by atoms with Gasteiger partial charge in [0.2, 0.25) is 0 Å². The number of aromatic carboxylic acids is 1. The number of methoxy groups -OCH3 is 1. The third-order valence-corrected chi connectivity index (χ3v) is 3.79. The van der Waals surface area contributed by atoms with E-state index in [1.165, 1.54) is 7.11 Å². The number of benzene rings is 2. The van der Waals surface area contributed by atoms with Crippen LogP contribution in [0.4, 0.5) is 0 Å². The Morgan fingerprint density at radius 3 is 2.57 bits per heavy atom. The predicted octanol–water partition coefficient (Wildman–Crippen LogP) is 3.97. The molecule has 2 N–H and O–H groups in total. The Morgan fingerprint density at radius 2 is 1.96 bits per heavy atom. The highest BCUT2D eigenvalue weighted by molar-refractivity contribution is 5.92. The molecule has 0 saturated carbocycles. The van der Waals surface area contributed by atoms with Crippen LogP contribution in [0.2, 0.25) is 0 Å². The molecule has 4 heteroatoms. The maximum absolute atomic E-state index is 11.4. The van der Waals surface area contributed by atoms with Crippen LogP contribution in [0.25, 0.3) is 6.08 Å². The van der Waals surface area contributed by atoms with Gasteiger partial charge < -0.3 is 14.9 Å². The predicted molar refractivity (Wildman–Crippen MR) is 90.3 cm³/mol. The number of hydrogen-bond acceptors (Lipinski definition) is 3. The second-order valence-corrected chi connectivity index (χ2v) is 5.36. The van der Waals surface area contributed by atoms with Crippen LogP contribution in [0, 0.1) is 13.8 Å². The standard InChI is InChI=1S/C19H20O4/c1-12-11-15(18(23-3)13(2)17(12)19(21)22)9-6-8-14-7-4-5-10-16(14)20/h4-7,9-11,20H,8H2,1-3H3,(H,21,22). The number of ether oxygens (including phenoxy) is 1. The molecule has 0 unspecified atom stereocenters. The van der Waals surface area contributed by atoms with Crippen molar-refractivity contribution < 1.29 is 19.7 Å². The van der Waals surface area contributed by atoms with Crippen molar-refractivity contribution >= 4 is 12.0 Å². The van der Waals surface area contributed by atoms with Crippen molar-refractivity contribution in [3.8, 4) is 11.5 Å². The van der Waals surface area contributed by atoms with Crippen LogP contribution in [0.15, 0.2) is 36.4 Å². The van der Waals surface area contributed by atoms with E-state index in [4.69, 9.17) is 4.74 Å². The van der Waals surface area contributed by atoms with Crippen LogP contribution in [0.1, 0.15) is 32.6 Å². The molecule has 0 aliphatic heterocycles. The molecule has 0 aliphatic carbocycles. The van der Waals surface area contributed by atoms with Crippen LogP contribution in [-0.2, 0) is 6.42 Å². The average molecular weight is 312 g/mol. The lowest BCUT2D eigenvalue weighted by Gasteiger charge is -2.14. The molecule has 2 aromatic rings. The van der Waals surface area contributed by atoms with Crippen molar-refractivity contribution in [2.24, 2.45) is 0 Å². The van der Waals surface area contributed by atoms with Crippen LogP contribution in [0.3, 0.4) is 0 Å². The number of phenols is 1. The molecule has 23 heavy (non-hydrogen) atoms. The monoisotopic (exact) mass is 312 g/mol. The number of allylic oxidation sites excluding steroid dienone is 1. The number of para-hydroxylation sites is 1. The fourth-order valence-electron chi connectivity index (χ4n) is 2.72. The molecular weight excluding hydrogens is 292 g/mol. The molecule has 0 spiro atoms. The van der Waals surface area contributed by atoms with Crippen molar-refractivity contribution in [3.05, 3.63) is 64.2 Å². The largest absolute Gasteiger partial charge is 0.508 e. The minimum absolute atomic E-state index is 0.262. The second-order valence-electron chi connectivity index (χ2n) is 5.36. The summed E-state index contributed by atoms with van der Waals surface area (Å²) in [5.41, 5.74) is 3.24. The molecule has 2 rings (SSSR count). The summed E-state index contributed by atoms with van der Waals surface area (Å²) in [6.45, 7) is 3.52. The molecule has 2 aromatic carbocycles. The topological polar surface area (TPSA) is 66.8 Å². The highest BCUT2D eigenvalue weighted by Crippen LogP contribution is 2.30. The zero-order valence-electron chi connectivity index (χ0n) is 13.5. The summed E-state index contributed by atoms with van der Waals surface area (Å²) in [7, 11) is 1.53. The van der Waals surface area contributed by atoms with Crippen molar-refractivity contribution in [2.45, 2.75) is 20.3 Å². The summed E-state index contributed by atoms with van der Waals surface area (Å²) in [5.74, 6) is -0.137. The zero-order valence-corrected chi connectivity index (χ0v) is 13.5. The lowest BCUT2D eigenvalue weighted by Crippen LogP contribution is -2.06. The number of aromatic hydroxyl groups is 1. The summed E-state index contributed by atoms with van der Waals surface area (Å²) in [4.78, 5) is 11.4. The molecule has 0 bridgehead atoms. The Hall–Kier alpha value is -2.75. The molecule has 0 aliphatic rings. The van der Waals surface area contributed by atoms with Crippen LogP contribution >= 0.6 is 0 Å². The van der Waals surface area contributed by atoms with Gasteiger partial charge in [0.25, 0.3) is 0 Å². The normalized spacial score (nSPS) is 10.9. The summed E-state index contributed by atoms with van der Waals surface area (Å²) >= 11 is 0. The van der Waals surface area contributed by atoms with E-state index in [0.29, 0.717) is 23.3 Å². The Morgan fingerprint density at radius 1 is 1.26 bits per heavy atom. The molecule has 0 atom stereocenters. The Balaban J connectivity index is 2.35. The number of phenolic OH excluding ortho intramolecular Hbond substituents is 1. The van der Waals surface area contributed by atoms with E-state index in [-0.39, 0.29) is 11.3 Å². The quantitative estimate of drug-likeness (QED) is 0.876.